The Morgan fingerprint density at radius 1 is 1.31 bits per heavy atom. The van der Waals surface area contributed by atoms with Gasteiger partial charge in [-0.1, -0.05) is 12.1 Å². The highest BCUT2D eigenvalue weighted by atomic mass is 32.2. The fourth-order valence-electron chi connectivity index (χ4n) is 1.31. The number of carbonyl (C=O) groups is 1. The van der Waals surface area contributed by atoms with Crippen LogP contribution in [-0.4, -0.2) is 31.7 Å². The third kappa shape index (κ3) is 3.43. The van der Waals surface area contributed by atoms with Crippen molar-refractivity contribution in [2.24, 2.45) is 0 Å². The Kier molecular flexibility index (Phi) is 3.50. The first-order valence-corrected chi connectivity index (χ1v) is 6.61. The van der Waals surface area contributed by atoms with E-state index in [2.05, 4.69) is 0 Å². The molecule has 0 bridgehead atoms. The van der Waals surface area contributed by atoms with Crippen LogP contribution >= 0.6 is 0 Å². The molecule has 0 saturated carbocycles. The van der Waals surface area contributed by atoms with E-state index in [1.54, 1.807) is 12.1 Å². The maximum Gasteiger partial charge on any atom is 0.175 e. The smallest absolute Gasteiger partial charge is 0.175 e. The minimum atomic E-state index is -3.20. The molecule has 0 aliphatic rings. The van der Waals surface area contributed by atoms with Crippen molar-refractivity contribution in [2.75, 3.05) is 6.26 Å². The molecule has 1 atom stereocenters. The maximum absolute atomic E-state index is 11.2. The lowest BCUT2D eigenvalue weighted by atomic mass is 9.98. The van der Waals surface area contributed by atoms with E-state index in [0.717, 1.165) is 6.26 Å². The summed E-state index contributed by atoms with van der Waals surface area (Å²) >= 11 is 0. The second-order valence-corrected chi connectivity index (χ2v) is 6.08. The molecule has 0 amide bonds. The van der Waals surface area contributed by atoms with Gasteiger partial charge in [0.1, 0.15) is 5.60 Å². The molecule has 0 spiro atoms. The predicted molar refractivity (Wildman–Crippen MR) is 59.9 cm³/mol. The highest BCUT2D eigenvalue weighted by molar-refractivity contribution is 7.90. The fraction of sp³-hybridized carbons (Fsp3) is 0.364. The Labute approximate surface area is 94.8 Å². The molecule has 1 aromatic rings. The van der Waals surface area contributed by atoms with Gasteiger partial charge in [-0.05, 0) is 24.6 Å². The van der Waals surface area contributed by atoms with Crippen molar-refractivity contribution < 1.29 is 18.3 Å². The Morgan fingerprint density at radius 2 is 1.81 bits per heavy atom. The Bertz CT molecular complexity index is 471. The van der Waals surface area contributed by atoms with Crippen molar-refractivity contribution in [3.05, 3.63) is 29.8 Å². The first-order valence-electron chi connectivity index (χ1n) is 4.72. The summed E-state index contributed by atoms with van der Waals surface area (Å²) in [4.78, 5) is 10.7. The summed E-state index contributed by atoms with van der Waals surface area (Å²) in [6, 6.07) is 6.11. The molecule has 0 fully saturated rings. The average molecular weight is 242 g/mol. The van der Waals surface area contributed by atoms with Crippen LogP contribution in [0.1, 0.15) is 12.5 Å². The molecule has 4 nitrogen and oxygen atoms in total. The number of rotatable bonds is 4. The third-order valence-corrected chi connectivity index (χ3v) is 3.30. The van der Waals surface area contributed by atoms with Gasteiger partial charge in [0.2, 0.25) is 0 Å². The second-order valence-electron chi connectivity index (χ2n) is 4.07. The highest BCUT2D eigenvalue weighted by Gasteiger charge is 2.19. The summed E-state index contributed by atoms with van der Waals surface area (Å²) in [5, 5.41) is 9.52. The van der Waals surface area contributed by atoms with Gasteiger partial charge in [0.25, 0.3) is 0 Å². The molecule has 16 heavy (non-hydrogen) atoms. The van der Waals surface area contributed by atoms with Crippen LogP contribution in [0.2, 0.25) is 0 Å². The first-order chi connectivity index (χ1) is 7.24. The van der Waals surface area contributed by atoms with Gasteiger partial charge >= 0.3 is 0 Å². The first kappa shape index (κ1) is 12.9. The van der Waals surface area contributed by atoms with Crippen LogP contribution in [0.15, 0.2) is 29.2 Å². The Hall–Kier alpha value is -1.20. The summed E-state index contributed by atoms with van der Waals surface area (Å²) < 4.78 is 22.4. The number of hydrogen-bond donors (Lipinski definition) is 1. The summed E-state index contributed by atoms with van der Waals surface area (Å²) in [5.74, 6) is 0. The largest absolute Gasteiger partial charge is 0.382 e. The third-order valence-electron chi connectivity index (χ3n) is 2.17. The van der Waals surface area contributed by atoms with E-state index in [1.165, 1.54) is 19.1 Å². The summed E-state index contributed by atoms with van der Waals surface area (Å²) in [6.45, 7) is 1.41. The molecular weight excluding hydrogens is 228 g/mol. The van der Waals surface area contributed by atoms with Crippen LogP contribution in [0, 0.1) is 0 Å². The zero-order valence-electron chi connectivity index (χ0n) is 9.17. The SMILES string of the molecule is CC(O)(C=O)Cc1ccc(S(C)(=O)=O)cc1. The van der Waals surface area contributed by atoms with Crippen molar-refractivity contribution in [1.82, 2.24) is 0 Å². The predicted octanol–water partition coefficient (Wildman–Crippen LogP) is 0.583. The summed E-state index contributed by atoms with van der Waals surface area (Å²) in [5.41, 5.74) is -0.698. The summed E-state index contributed by atoms with van der Waals surface area (Å²) in [6.07, 6.45) is 1.77. The number of aldehydes is 1. The molecule has 0 radical (unpaired) electrons. The lowest BCUT2D eigenvalue weighted by Crippen LogP contribution is -2.28. The van der Waals surface area contributed by atoms with Crippen LogP contribution in [0.25, 0.3) is 0 Å². The van der Waals surface area contributed by atoms with E-state index in [-0.39, 0.29) is 11.3 Å². The van der Waals surface area contributed by atoms with Crippen molar-refractivity contribution in [2.45, 2.75) is 23.8 Å². The van der Waals surface area contributed by atoms with Gasteiger partial charge in [0, 0.05) is 12.7 Å². The van der Waals surface area contributed by atoms with Crippen LogP contribution in [0.5, 0.6) is 0 Å². The van der Waals surface area contributed by atoms with Gasteiger partial charge in [-0.2, -0.15) is 0 Å². The molecule has 0 saturated heterocycles. The number of carbonyl (C=O) groups excluding carboxylic acids is 1. The zero-order chi connectivity index (χ0) is 12.4. The topological polar surface area (TPSA) is 71.4 Å². The lowest BCUT2D eigenvalue weighted by Gasteiger charge is -2.15. The van der Waals surface area contributed by atoms with Gasteiger partial charge in [-0.25, -0.2) is 8.42 Å². The molecule has 88 valence electrons. The van der Waals surface area contributed by atoms with Gasteiger partial charge in [-0.15, -0.1) is 0 Å². The van der Waals surface area contributed by atoms with Crippen LogP contribution < -0.4 is 0 Å². The van der Waals surface area contributed by atoms with Gasteiger partial charge in [0.15, 0.2) is 16.1 Å². The molecule has 1 aromatic carbocycles. The Balaban J connectivity index is 2.93. The number of hydrogen-bond acceptors (Lipinski definition) is 4. The minimum absolute atomic E-state index is 0.167. The van der Waals surface area contributed by atoms with Crippen molar-refractivity contribution in [1.29, 1.82) is 0 Å². The van der Waals surface area contributed by atoms with Gasteiger partial charge in [-0.3, -0.25) is 0 Å². The van der Waals surface area contributed by atoms with Gasteiger partial charge < -0.3 is 9.90 Å². The number of aliphatic hydroxyl groups is 1. The van der Waals surface area contributed by atoms with Crippen LogP contribution in [0.3, 0.4) is 0 Å². The number of benzene rings is 1. The van der Waals surface area contributed by atoms with Gasteiger partial charge in [0.05, 0.1) is 4.90 Å². The number of sulfone groups is 1. The van der Waals surface area contributed by atoms with E-state index >= 15 is 0 Å². The van der Waals surface area contributed by atoms with Crippen LogP contribution in [0.4, 0.5) is 0 Å². The normalized spacial score (nSPS) is 15.4. The highest BCUT2D eigenvalue weighted by Crippen LogP contribution is 2.14. The lowest BCUT2D eigenvalue weighted by molar-refractivity contribution is -0.122. The molecule has 0 heterocycles. The maximum atomic E-state index is 11.2. The molecular formula is C11H14O4S. The molecule has 1 unspecified atom stereocenters. The molecule has 0 aliphatic heterocycles. The zero-order valence-corrected chi connectivity index (χ0v) is 9.99. The van der Waals surface area contributed by atoms with Crippen molar-refractivity contribution in [3.8, 4) is 0 Å². The average Bonchev–Trinajstić information content (AvgIpc) is 2.16. The van der Waals surface area contributed by atoms with E-state index in [9.17, 15) is 18.3 Å². The second kappa shape index (κ2) is 4.35. The molecule has 1 rings (SSSR count). The van der Waals surface area contributed by atoms with Crippen molar-refractivity contribution >= 4 is 16.1 Å². The van der Waals surface area contributed by atoms with E-state index < -0.39 is 15.4 Å². The molecule has 5 heteroatoms. The van der Waals surface area contributed by atoms with E-state index in [4.69, 9.17) is 0 Å². The molecule has 1 N–H and O–H groups in total. The molecule has 0 aromatic heterocycles. The Morgan fingerprint density at radius 3 is 2.19 bits per heavy atom. The minimum Gasteiger partial charge on any atom is -0.382 e. The standard InChI is InChI=1S/C11H14O4S/c1-11(13,8-12)7-9-3-5-10(6-4-9)16(2,14)15/h3-6,8,13H,7H2,1-2H3. The van der Waals surface area contributed by atoms with E-state index in [0.29, 0.717) is 11.8 Å². The fourth-order valence-corrected chi connectivity index (χ4v) is 1.94. The monoisotopic (exact) mass is 242 g/mol. The van der Waals surface area contributed by atoms with Crippen LogP contribution in [-0.2, 0) is 21.1 Å². The van der Waals surface area contributed by atoms with Crippen molar-refractivity contribution in [3.63, 3.8) is 0 Å². The summed E-state index contributed by atoms with van der Waals surface area (Å²) in [7, 11) is -3.20. The molecule has 0 aliphatic carbocycles. The van der Waals surface area contributed by atoms with E-state index in [1.807, 2.05) is 0 Å². The quantitative estimate of drug-likeness (QED) is 0.784.